The molecule has 0 fully saturated rings. The molecule has 0 N–H and O–H groups in total. The largest absolute Gasteiger partial charge is 0.274 e. The van der Waals surface area contributed by atoms with Gasteiger partial charge in [-0.3, -0.25) is 4.40 Å². The molecule has 0 radical (unpaired) electrons. The monoisotopic (exact) mass is 323 g/mol. The van der Waals surface area contributed by atoms with Crippen LogP contribution in [-0.4, -0.2) is 14.6 Å². The lowest BCUT2D eigenvalue weighted by molar-refractivity contribution is 1.12. The van der Waals surface area contributed by atoms with E-state index >= 15 is 0 Å². The van der Waals surface area contributed by atoms with E-state index < -0.39 is 0 Å². The van der Waals surface area contributed by atoms with Crippen LogP contribution in [0.15, 0.2) is 66.7 Å². The number of pyridine rings is 1. The highest BCUT2D eigenvalue weighted by Crippen LogP contribution is 2.34. The Morgan fingerprint density at radius 1 is 0.760 bits per heavy atom. The fraction of sp³-hybridized carbons (Fsp3) is 0.0909. The molecule has 5 rings (SSSR count). The summed E-state index contributed by atoms with van der Waals surface area (Å²) in [5, 5.41) is 12.7. The van der Waals surface area contributed by atoms with Crippen molar-refractivity contribution < 1.29 is 0 Å². The van der Waals surface area contributed by atoms with E-state index in [0.717, 1.165) is 27.9 Å². The van der Waals surface area contributed by atoms with E-state index in [4.69, 9.17) is 0 Å². The maximum Gasteiger partial charge on any atom is 0.169 e. The Balaban J connectivity index is 2.07. The molecular formula is C22H17N3. The Morgan fingerprint density at radius 3 is 2.44 bits per heavy atom. The Kier molecular flexibility index (Phi) is 2.92. The second kappa shape index (κ2) is 5.15. The second-order valence-corrected chi connectivity index (χ2v) is 6.57. The molecule has 0 saturated carbocycles. The van der Waals surface area contributed by atoms with E-state index in [1.807, 2.05) is 18.2 Å². The Bertz CT molecular complexity index is 1250. The Labute approximate surface area is 145 Å². The molecule has 2 heterocycles. The van der Waals surface area contributed by atoms with Crippen molar-refractivity contribution in [3.63, 3.8) is 0 Å². The summed E-state index contributed by atoms with van der Waals surface area (Å²) < 4.78 is 2.19. The number of nitrogens with zero attached hydrogens (tertiary/aromatic N) is 3. The number of aromatic nitrogens is 3. The fourth-order valence-electron chi connectivity index (χ4n) is 3.72. The third-order valence-corrected chi connectivity index (χ3v) is 4.87. The van der Waals surface area contributed by atoms with Crippen LogP contribution in [0.3, 0.4) is 0 Å². The standard InChI is InChI=1S/C22H17N3/c1-14-11-12-19-18(13-14)20-15(2)7-6-10-17(20)22-24-23-21(25(19)22)16-8-4-3-5-9-16/h3-13H,1-2H3. The number of hydrogen-bond donors (Lipinski definition) is 0. The van der Waals surface area contributed by atoms with E-state index in [2.05, 4.69) is 77.0 Å². The van der Waals surface area contributed by atoms with Gasteiger partial charge in [-0.05, 0) is 36.9 Å². The van der Waals surface area contributed by atoms with Crippen molar-refractivity contribution in [2.45, 2.75) is 13.8 Å². The van der Waals surface area contributed by atoms with Gasteiger partial charge in [0.05, 0.1) is 5.52 Å². The summed E-state index contributed by atoms with van der Waals surface area (Å²) in [6.45, 7) is 4.30. The molecule has 0 spiro atoms. The van der Waals surface area contributed by atoms with Crippen LogP contribution >= 0.6 is 0 Å². The van der Waals surface area contributed by atoms with Crippen LogP contribution in [0.25, 0.3) is 38.7 Å². The van der Waals surface area contributed by atoms with Crippen LogP contribution < -0.4 is 0 Å². The first-order valence-corrected chi connectivity index (χ1v) is 8.46. The molecule has 25 heavy (non-hydrogen) atoms. The third-order valence-electron chi connectivity index (χ3n) is 4.87. The summed E-state index contributed by atoms with van der Waals surface area (Å²) in [4.78, 5) is 0. The first-order chi connectivity index (χ1) is 12.2. The highest BCUT2D eigenvalue weighted by atomic mass is 15.2. The Morgan fingerprint density at radius 2 is 1.60 bits per heavy atom. The van der Waals surface area contributed by atoms with Crippen LogP contribution in [-0.2, 0) is 0 Å². The molecule has 2 aromatic heterocycles. The zero-order valence-corrected chi connectivity index (χ0v) is 14.2. The SMILES string of the molecule is Cc1ccc2c(c1)c1c(C)cccc1c1nnc(-c3ccccc3)n21. The lowest BCUT2D eigenvalue weighted by atomic mass is 10.00. The smallest absolute Gasteiger partial charge is 0.169 e. The highest BCUT2D eigenvalue weighted by molar-refractivity contribution is 6.13. The minimum atomic E-state index is 0.882. The summed E-state index contributed by atoms with van der Waals surface area (Å²) >= 11 is 0. The summed E-state index contributed by atoms with van der Waals surface area (Å²) in [5.74, 6) is 0.882. The number of benzene rings is 3. The maximum absolute atomic E-state index is 4.55. The summed E-state index contributed by atoms with van der Waals surface area (Å²) in [6.07, 6.45) is 0. The minimum absolute atomic E-state index is 0.882. The van der Waals surface area contributed by atoms with Crippen LogP contribution in [0.5, 0.6) is 0 Å². The Hall–Kier alpha value is -3.20. The van der Waals surface area contributed by atoms with Gasteiger partial charge < -0.3 is 0 Å². The first-order valence-electron chi connectivity index (χ1n) is 8.46. The molecule has 0 bridgehead atoms. The van der Waals surface area contributed by atoms with Crippen LogP contribution in [0.4, 0.5) is 0 Å². The van der Waals surface area contributed by atoms with Crippen molar-refractivity contribution in [3.8, 4) is 11.4 Å². The highest BCUT2D eigenvalue weighted by Gasteiger charge is 2.16. The molecule has 120 valence electrons. The van der Waals surface area contributed by atoms with Gasteiger partial charge in [0.2, 0.25) is 0 Å². The molecule has 3 heteroatoms. The lowest BCUT2D eigenvalue weighted by Gasteiger charge is -2.12. The van der Waals surface area contributed by atoms with Gasteiger partial charge in [0, 0.05) is 16.3 Å². The molecule has 5 aromatic rings. The normalized spacial score (nSPS) is 11.6. The molecular weight excluding hydrogens is 306 g/mol. The predicted molar refractivity (Wildman–Crippen MR) is 103 cm³/mol. The zero-order chi connectivity index (χ0) is 17.0. The number of fused-ring (bicyclic) bond motifs is 6. The molecule has 0 aliphatic carbocycles. The minimum Gasteiger partial charge on any atom is -0.274 e. The quantitative estimate of drug-likeness (QED) is 0.391. The average Bonchev–Trinajstić information content (AvgIpc) is 3.08. The molecule has 0 aliphatic heterocycles. The van der Waals surface area contributed by atoms with Gasteiger partial charge in [0.1, 0.15) is 0 Å². The van der Waals surface area contributed by atoms with Crippen molar-refractivity contribution in [2.75, 3.05) is 0 Å². The van der Waals surface area contributed by atoms with Crippen LogP contribution in [0.2, 0.25) is 0 Å². The second-order valence-electron chi connectivity index (χ2n) is 6.57. The molecule has 0 amide bonds. The topological polar surface area (TPSA) is 30.2 Å². The molecule has 3 aromatic carbocycles. The zero-order valence-electron chi connectivity index (χ0n) is 14.2. The third kappa shape index (κ3) is 1.99. The fourth-order valence-corrected chi connectivity index (χ4v) is 3.72. The average molecular weight is 323 g/mol. The van der Waals surface area contributed by atoms with Crippen molar-refractivity contribution in [2.24, 2.45) is 0 Å². The van der Waals surface area contributed by atoms with Gasteiger partial charge in [-0.15, -0.1) is 10.2 Å². The van der Waals surface area contributed by atoms with Crippen LogP contribution in [0.1, 0.15) is 11.1 Å². The predicted octanol–water partition coefficient (Wildman–Crippen LogP) is 5.32. The van der Waals surface area contributed by atoms with Crippen molar-refractivity contribution in [3.05, 3.63) is 77.9 Å². The van der Waals surface area contributed by atoms with Gasteiger partial charge in [0.15, 0.2) is 11.5 Å². The van der Waals surface area contributed by atoms with Crippen molar-refractivity contribution >= 4 is 27.3 Å². The number of hydrogen-bond acceptors (Lipinski definition) is 2. The van der Waals surface area contributed by atoms with Crippen LogP contribution in [0, 0.1) is 13.8 Å². The number of aryl methyl sites for hydroxylation is 2. The van der Waals surface area contributed by atoms with Gasteiger partial charge >= 0.3 is 0 Å². The summed E-state index contributed by atoms with van der Waals surface area (Å²) in [5.41, 5.74) is 5.65. The van der Waals surface area contributed by atoms with E-state index in [1.54, 1.807) is 0 Å². The molecule has 0 unspecified atom stereocenters. The van der Waals surface area contributed by atoms with E-state index in [9.17, 15) is 0 Å². The van der Waals surface area contributed by atoms with Crippen molar-refractivity contribution in [1.82, 2.24) is 14.6 Å². The van der Waals surface area contributed by atoms with E-state index in [0.29, 0.717) is 0 Å². The van der Waals surface area contributed by atoms with Gasteiger partial charge in [0.25, 0.3) is 0 Å². The summed E-state index contributed by atoms with van der Waals surface area (Å²) in [6, 6.07) is 23.2. The van der Waals surface area contributed by atoms with E-state index in [-0.39, 0.29) is 0 Å². The number of rotatable bonds is 1. The van der Waals surface area contributed by atoms with E-state index in [1.165, 1.54) is 21.9 Å². The molecule has 0 aliphatic rings. The lowest BCUT2D eigenvalue weighted by Crippen LogP contribution is -1.95. The van der Waals surface area contributed by atoms with Gasteiger partial charge in [-0.25, -0.2) is 0 Å². The first kappa shape index (κ1) is 14.2. The van der Waals surface area contributed by atoms with Gasteiger partial charge in [-0.2, -0.15) is 0 Å². The molecule has 0 atom stereocenters. The molecule has 3 nitrogen and oxygen atoms in total. The van der Waals surface area contributed by atoms with Gasteiger partial charge in [-0.1, -0.05) is 60.2 Å². The maximum atomic E-state index is 4.55. The summed E-state index contributed by atoms with van der Waals surface area (Å²) in [7, 11) is 0. The molecule has 0 saturated heterocycles. The van der Waals surface area contributed by atoms with Crippen molar-refractivity contribution in [1.29, 1.82) is 0 Å².